The fraction of sp³-hybridized carbons (Fsp3) is 0.846. The fourth-order valence-corrected chi connectivity index (χ4v) is 4.78. The molecule has 0 N–H and O–H groups in total. The molecule has 0 saturated heterocycles. The van der Waals surface area contributed by atoms with Crippen molar-refractivity contribution in [3.8, 4) is 12.1 Å². The molecule has 5 atom stereocenters. The highest BCUT2D eigenvalue weighted by molar-refractivity contribution is 5.18. The largest absolute Gasteiger partial charge is 0.198 e. The van der Waals surface area contributed by atoms with Gasteiger partial charge in [0.1, 0.15) is 0 Å². The molecule has 0 aromatic rings. The zero-order valence-corrected chi connectivity index (χ0v) is 8.95. The smallest absolute Gasteiger partial charge is 0.0737 e. The van der Waals surface area contributed by atoms with E-state index in [4.69, 9.17) is 5.26 Å². The first-order valence-corrected chi connectivity index (χ1v) is 6.09. The molecule has 3 aliphatic rings. The van der Waals surface area contributed by atoms with E-state index in [2.05, 4.69) is 12.1 Å². The molecule has 0 aromatic carbocycles. The minimum absolute atomic E-state index is 0.259. The van der Waals surface area contributed by atoms with Gasteiger partial charge in [0.05, 0.1) is 24.0 Å². The molecule has 3 aliphatic carbocycles. The molecule has 0 heterocycles. The fourth-order valence-electron chi connectivity index (χ4n) is 4.78. The number of hydrogen-bond acceptors (Lipinski definition) is 2. The topological polar surface area (TPSA) is 47.6 Å². The molecule has 0 unspecified atom stereocenters. The normalized spacial score (nSPS) is 51.1. The van der Waals surface area contributed by atoms with Gasteiger partial charge < -0.3 is 0 Å². The molecule has 2 heteroatoms. The van der Waals surface area contributed by atoms with E-state index in [-0.39, 0.29) is 5.41 Å². The van der Waals surface area contributed by atoms with Crippen molar-refractivity contribution in [1.82, 2.24) is 0 Å². The Morgan fingerprint density at radius 1 is 1.20 bits per heavy atom. The highest BCUT2D eigenvalue weighted by Crippen LogP contribution is 2.66. The number of nitrogens with zero attached hydrogens (tertiary/aromatic N) is 2. The van der Waals surface area contributed by atoms with Crippen molar-refractivity contribution in [2.45, 2.75) is 38.5 Å². The maximum absolute atomic E-state index is 9.39. The van der Waals surface area contributed by atoms with E-state index in [0.717, 1.165) is 24.2 Å². The van der Waals surface area contributed by atoms with Crippen LogP contribution in [0.3, 0.4) is 0 Å². The Balaban J connectivity index is 1.92. The zero-order valence-electron chi connectivity index (χ0n) is 8.95. The molecule has 0 spiro atoms. The zero-order chi connectivity index (χ0) is 10.5. The van der Waals surface area contributed by atoms with Gasteiger partial charge in [0.2, 0.25) is 0 Å². The molecule has 0 aromatic heterocycles. The second-order valence-electron chi connectivity index (χ2n) is 5.67. The number of fused-ring (bicyclic) bond motifs is 5. The Kier molecular flexibility index (Phi) is 1.84. The standard InChI is InChI=1S/C13H16N2/c14-5-4-13(8-15)7-9-6-12(13)11-3-1-2-10(9)11/h9-12H,1-4,6-7H2/t9-,10+,11+,12+,13-/m1/s1. The lowest BCUT2D eigenvalue weighted by Gasteiger charge is -2.36. The lowest BCUT2D eigenvalue weighted by Crippen LogP contribution is -2.34. The monoisotopic (exact) mass is 200 g/mol. The lowest BCUT2D eigenvalue weighted by molar-refractivity contribution is 0.137. The molecule has 15 heavy (non-hydrogen) atoms. The lowest BCUT2D eigenvalue weighted by atomic mass is 9.65. The predicted octanol–water partition coefficient (Wildman–Crippen LogP) is 2.87. The van der Waals surface area contributed by atoms with Gasteiger partial charge in [-0.3, -0.25) is 0 Å². The molecule has 2 bridgehead atoms. The summed E-state index contributed by atoms with van der Waals surface area (Å²) in [5.74, 6) is 3.03. The van der Waals surface area contributed by atoms with Gasteiger partial charge in [0.15, 0.2) is 0 Å². The minimum atomic E-state index is -0.259. The summed E-state index contributed by atoms with van der Waals surface area (Å²) in [4.78, 5) is 0. The molecule has 78 valence electrons. The molecule has 0 aliphatic heterocycles. The number of hydrogen-bond donors (Lipinski definition) is 0. The Labute approximate surface area is 90.9 Å². The van der Waals surface area contributed by atoms with Crippen LogP contribution in [-0.2, 0) is 0 Å². The van der Waals surface area contributed by atoms with E-state index in [1.807, 2.05) is 0 Å². The number of nitriles is 2. The Morgan fingerprint density at radius 2 is 2.00 bits per heavy atom. The van der Waals surface area contributed by atoms with Crippen molar-refractivity contribution in [1.29, 1.82) is 10.5 Å². The maximum atomic E-state index is 9.39. The summed E-state index contributed by atoms with van der Waals surface area (Å²) < 4.78 is 0. The van der Waals surface area contributed by atoms with Crippen molar-refractivity contribution in [2.75, 3.05) is 0 Å². The molecule has 3 fully saturated rings. The average molecular weight is 200 g/mol. The van der Waals surface area contributed by atoms with E-state index < -0.39 is 0 Å². The summed E-state index contributed by atoms with van der Waals surface area (Å²) >= 11 is 0. The molecule has 3 rings (SSSR count). The van der Waals surface area contributed by atoms with Crippen LogP contribution in [0.15, 0.2) is 0 Å². The van der Waals surface area contributed by atoms with Gasteiger partial charge >= 0.3 is 0 Å². The second-order valence-corrected chi connectivity index (χ2v) is 5.67. The van der Waals surface area contributed by atoms with E-state index in [1.165, 1.54) is 25.7 Å². The summed E-state index contributed by atoms with van der Waals surface area (Å²) in [5.41, 5.74) is -0.259. The Morgan fingerprint density at radius 3 is 2.73 bits per heavy atom. The minimum Gasteiger partial charge on any atom is -0.198 e. The van der Waals surface area contributed by atoms with E-state index in [1.54, 1.807) is 0 Å². The molecule has 2 nitrogen and oxygen atoms in total. The summed E-state index contributed by atoms with van der Waals surface area (Å²) in [6.45, 7) is 0. The average Bonchev–Trinajstić information content (AvgIpc) is 2.87. The van der Waals surface area contributed by atoms with Crippen LogP contribution in [0.25, 0.3) is 0 Å². The molecule has 3 saturated carbocycles. The quantitative estimate of drug-likeness (QED) is 0.653. The third-order valence-electron chi connectivity index (χ3n) is 5.26. The highest BCUT2D eigenvalue weighted by Gasteiger charge is 2.61. The van der Waals surface area contributed by atoms with Crippen LogP contribution >= 0.6 is 0 Å². The van der Waals surface area contributed by atoms with Gasteiger partial charge in [-0.2, -0.15) is 10.5 Å². The number of rotatable bonds is 1. The highest BCUT2D eigenvalue weighted by atomic mass is 14.6. The van der Waals surface area contributed by atoms with Crippen LogP contribution in [-0.4, -0.2) is 0 Å². The summed E-state index contributed by atoms with van der Waals surface area (Å²) in [5, 5.41) is 18.3. The van der Waals surface area contributed by atoms with Crippen molar-refractivity contribution in [2.24, 2.45) is 29.1 Å². The Hall–Kier alpha value is -1.02. The van der Waals surface area contributed by atoms with Crippen molar-refractivity contribution < 1.29 is 0 Å². The van der Waals surface area contributed by atoms with E-state index in [0.29, 0.717) is 12.3 Å². The van der Waals surface area contributed by atoms with Crippen molar-refractivity contribution in [3.05, 3.63) is 0 Å². The maximum Gasteiger partial charge on any atom is 0.0737 e. The van der Waals surface area contributed by atoms with E-state index in [9.17, 15) is 5.26 Å². The first-order valence-electron chi connectivity index (χ1n) is 6.09. The van der Waals surface area contributed by atoms with E-state index >= 15 is 0 Å². The van der Waals surface area contributed by atoms with Gasteiger partial charge in [-0.15, -0.1) is 0 Å². The molecular formula is C13H16N2. The van der Waals surface area contributed by atoms with Crippen molar-refractivity contribution >= 4 is 0 Å². The van der Waals surface area contributed by atoms with Crippen LogP contribution in [0.1, 0.15) is 38.5 Å². The molecule has 0 amide bonds. The molecule has 0 radical (unpaired) electrons. The van der Waals surface area contributed by atoms with Gasteiger partial charge in [-0.25, -0.2) is 0 Å². The summed E-state index contributed by atoms with van der Waals surface area (Å²) in [6, 6.07) is 4.74. The van der Waals surface area contributed by atoms with Gasteiger partial charge in [-0.05, 0) is 49.4 Å². The second kappa shape index (κ2) is 2.99. The van der Waals surface area contributed by atoms with Gasteiger partial charge in [0, 0.05) is 0 Å². The summed E-state index contributed by atoms with van der Waals surface area (Å²) in [7, 11) is 0. The van der Waals surface area contributed by atoms with Gasteiger partial charge in [-0.1, -0.05) is 6.42 Å². The van der Waals surface area contributed by atoms with Crippen LogP contribution < -0.4 is 0 Å². The van der Waals surface area contributed by atoms with Gasteiger partial charge in [0.25, 0.3) is 0 Å². The SMILES string of the molecule is N#CC[C@]1(C#N)C[C@H]2C[C@H]1[C@H]1CCC[C@@H]21. The van der Waals surface area contributed by atoms with Crippen LogP contribution in [0.4, 0.5) is 0 Å². The van der Waals surface area contributed by atoms with Crippen molar-refractivity contribution in [3.63, 3.8) is 0 Å². The Bertz CT molecular complexity index is 362. The third-order valence-corrected chi connectivity index (χ3v) is 5.26. The van der Waals surface area contributed by atoms with Crippen LogP contribution in [0.5, 0.6) is 0 Å². The molecular weight excluding hydrogens is 184 g/mol. The first kappa shape index (κ1) is 9.22. The summed E-state index contributed by atoms with van der Waals surface area (Å²) in [6.07, 6.45) is 6.79. The van der Waals surface area contributed by atoms with Crippen LogP contribution in [0, 0.1) is 51.7 Å². The van der Waals surface area contributed by atoms with Crippen LogP contribution in [0.2, 0.25) is 0 Å². The first-order chi connectivity index (χ1) is 7.30. The third kappa shape index (κ3) is 1.03. The predicted molar refractivity (Wildman–Crippen MR) is 55.3 cm³/mol.